The molecular formula is C13H22N4O3. The van der Waals surface area contributed by atoms with E-state index >= 15 is 0 Å². The minimum absolute atomic E-state index is 0.0796. The van der Waals surface area contributed by atoms with Crippen LogP contribution in [0.15, 0.2) is 6.20 Å². The van der Waals surface area contributed by atoms with Crippen LogP contribution in [0.5, 0.6) is 0 Å². The molecule has 1 aliphatic rings. The summed E-state index contributed by atoms with van der Waals surface area (Å²) in [6, 6.07) is 0. The highest BCUT2D eigenvalue weighted by Crippen LogP contribution is 2.12. The Morgan fingerprint density at radius 1 is 1.60 bits per heavy atom. The summed E-state index contributed by atoms with van der Waals surface area (Å²) in [6.07, 6.45) is 5.31. The topological polar surface area (TPSA) is 78.3 Å². The van der Waals surface area contributed by atoms with Crippen LogP contribution >= 0.6 is 0 Å². The Morgan fingerprint density at radius 2 is 2.50 bits per heavy atom. The molecule has 2 heterocycles. The van der Waals surface area contributed by atoms with Gasteiger partial charge >= 0.3 is 0 Å². The van der Waals surface area contributed by atoms with Gasteiger partial charge in [0.2, 0.25) is 5.91 Å². The number of nitrogens with zero attached hydrogens (tertiary/aromatic N) is 3. The second kappa shape index (κ2) is 7.96. The third-order valence-corrected chi connectivity index (χ3v) is 3.13. The fourth-order valence-corrected chi connectivity index (χ4v) is 2.09. The maximum atomic E-state index is 11.6. The van der Waals surface area contributed by atoms with Crippen molar-refractivity contribution in [3.8, 4) is 0 Å². The van der Waals surface area contributed by atoms with Crippen LogP contribution in [0.1, 0.15) is 25.0 Å². The first-order valence-corrected chi connectivity index (χ1v) is 7.07. The fraction of sp³-hybridized carbons (Fsp3) is 0.769. The van der Waals surface area contributed by atoms with Gasteiger partial charge in [-0.15, -0.1) is 5.10 Å². The van der Waals surface area contributed by atoms with Crippen molar-refractivity contribution in [3.05, 3.63) is 11.9 Å². The van der Waals surface area contributed by atoms with Crippen molar-refractivity contribution in [2.75, 3.05) is 26.4 Å². The summed E-state index contributed by atoms with van der Waals surface area (Å²) in [4.78, 5) is 11.6. The molecule has 1 aromatic heterocycles. The van der Waals surface area contributed by atoms with Crippen LogP contribution in [-0.4, -0.2) is 53.4 Å². The van der Waals surface area contributed by atoms with Gasteiger partial charge in [-0.25, -0.2) is 0 Å². The molecule has 0 aromatic carbocycles. The Kier molecular flexibility index (Phi) is 5.94. The lowest BCUT2D eigenvalue weighted by Gasteiger charge is -2.22. The van der Waals surface area contributed by atoms with E-state index in [2.05, 4.69) is 15.6 Å². The molecule has 1 unspecified atom stereocenters. The molecule has 0 saturated carbocycles. The Balaban J connectivity index is 1.51. The predicted molar refractivity (Wildman–Crippen MR) is 72.2 cm³/mol. The van der Waals surface area contributed by atoms with Gasteiger partial charge in [0.1, 0.15) is 6.61 Å². The Hall–Kier alpha value is -1.47. The summed E-state index contributed by atoms with van der Waals surface area (Å²) in [5.74, 6) is -0.113. The number of amides is 1. The lowest BCUT2D eigenvalue weighted by atomic mass is 10.1. The van der Waals surface area contributed by atoms with E-state index in [1.807, 2.05) is 13.1 Å². The lowest BCUT2D eigenvalue weighted by molar-refractivity contribution is -0.127. The molecule has 7 heteroatoms. The summed E-state index contributed by atoms with van der Waals surface area (Å²) in [5, 5.41) is 10.6. The second-order valence-corrected chi connectivity index (χ2v) is 4.98. The fourth-order valence-electron chi connectivity index (χ4n) is 2.09. The Labute approximate surface area is 118 Å². The van der Waals surface area contributed by atoms with Crippen LogP contribution in [0.2, 0.25) is 0 Å². The number of hydrogen-bond acceptors (Lipinski definition) is 5. The van der Waals surface area contributed by atoms with Crippen molar-refractivity contribution >= 4 is 5.91 Å². The zero-order valence-corrected chi connectivity index (χ0v) is 11.9. The maximum Gasteiger partial charge on any atom is 0.246 e. The molecule has 0 spiro atoms. The molecule has 1 saturated heterocycles. The summed E-state index contributed by atoms with van der Waals surface area (Å²) in [6.45, 7) is 4.38. The highest BCUT2D eigenvalue weighted by Gasteiger charge is 2.14. The average Bonchev–Trinajstić information content (AvgIpc) is 2.86. The number of carbonyl (C=O) groups is 1. The smallest absolute Gasteiger partial charge is 0.246 e. The SMILES string of the molecule is Cc1cn(CCNC(=O)COCC2CCCCO2)nn1. The molecule has 2 rings (SSSR count). The molecule has 112 valence electrons. The number of ether oxygens (including phenoxy) is 2. The van der Waals surface area contributed by atoms with Crippen LogP contribution in [0.3, 0.4) is 0 Å². The molecule has 20 heavy (non-hydrogen) atoms. The third-order valence-electron chi connectivity index (χ3n) is 3.13. The van der Waals surface area contributed by atoms with Crippen LogP contribution in [0.25, 0.3) is 0 Å². The van der Waals surface area contributed by atoms with Gasteiger partial charge in [-0.1, -0.05) is 5.21 Å². The van der Waals surface area contributed by atoms with Crippen molar-refractivity contribution in [1.29, 1.82) is 0 Å². The van der Waals surface area contributed by atoms with E-state index < -0.39 is 0 Å². The molecule has 0 aliphatic carbocycles. The first-order chi connectivity index (χ1) is 9.74. The maximum absolute atomic E-state index is 11.6. The number of carbonyl (C=O) groups excluding carboxylic acids is 1. The van der Waals surface area contributed by atoms with Gasteiger partial charge in [0.15, 0.2) is 0 Å². The van der Waals surface area contributed by atoms with Gasteiger partial charge in [0.25, 0.3) is 0 Å². The summed E-state index contributed by atoms with van der Waals surface area (Å²) in [5.41, 5.74) is 0.868. The second-order valence-electron chi connectivity index (χ2n) is 4.98. The zero-order chi connectivity index (χ0) is 14.2. The van der Waals surface area contributed by atoms with Gasteiger partial charge < -0.3 is 14.8 Å². The standard InChI is InChI=1S/C13H22N4O3/c1-11-8-17(16-15-11)6-5-14-13(18)10-19-9-12-4-2-3-7-20-12/h8,12H,2-7,9-10H2,1H3,(H,14,18). The van der Waals surface area contributed by atoms with Gasteiger partial charge in [-0.05, 0) is 26.2 Å². The van der Waals surface area contributed by atoms with E-state index in [0.717, 1.165) is 25.1 Å². The molecule has 1 amide bonds. The van der Waals surface area contributed by atoms with Crippen LogP contribution in [-0.2, 0) is 20.8 Å². The van der Waals surface area contributed by atoms with Gasteiger partial charge in [0, 0.05) is 19.3 Å². The quantitative estimate of drug-likeness (QED) is 0.777. The lowest BCUT2D eigenvalue weighted by Crippen LogP contribution is -2.32. The molecule has 1 fully saturated rings. The first-order valence-electron chi connectivity index (χ1n) is 7.07. The summed E-state index contributed by atoms with van der Waals surface area (Å²) >= 11 is 0. The first kappa shape index (κ1) is 14.9. The van der Waals surface area contributed by atoms with Gasteiger partial charge in [0.05, 0.1) is 24.9 Å². The van der Waals surface area contributed by atoms with E-state index in [4.69, 9.17) is 9.47 Å². The third kappa shape index (κ3) is 5.26. The number of hydrogen-bond donors (Lipinski definition) is 1. The van der Waals surface area contributed by atoms with Crippen LogP contribution < -0.4 is 5.32 Å². The van der Waals surface area contributed by atoms with E-state index in [1.54, 1.807) is 4.68 Å². The Bertz CT molecular complexity index is 416. The monoisotopic (exact) mass is 282 g/mol. The van der Waals surface area contributed by atoms with E-state index in [9.17, 15) is 4.79 Å². The normalized spacial score (nSPS) is 18.9. The van der Waals surface area contributed by atoms with Crippen molar-refractivity contribution in [2.24, 2.45) is 0 Å². The van der Waals surface area contributed by atoms with E-state index in [0.29, 0.717) is 19.7 Å². The van der Waals surface area contributed by atoms with Gasteiger partial charge in [-0.3, -0.25) is 9.48 Å². The van der Waals surface area contributed by atoms with Crippen molar-refractivity contribution in [2.45, 2.75) is 38.8 Å². The summed E-state index contributed by atoms with van der Waals surface area (Å²) in [7, 11) is 0. The number of aromatic nitrogens is 3. The highest BCUT2D eigenvalue weighted by molar-refractivity contribution is 5.77. The molecule has 1 aromatic rings. The summed E-state index contributed by atoms with van der Waals surface area (Å²) < 4.78 is 12.6. The van der Waals surface area contributed by atoms with E-state index in [1.165, 1.54) is 6.42 Å². The molecule has 1 atom stereocenters. The van der Waals surface area contributed by atoms with Gasteiger partial charge in [-0.2, -0.15) is 0 Å². The number of nitrogens with one attached hydrogen (secondary N) is 1. The van der Waals surface area contributed by atoms with Crippen molar-refractivity contribution in [3.63, 3.8) is 0 Å². The minimum atomic E-state index is -0.113. The Morgan fingerprint density at radius 3 is 3.20 bits per heavy atom. The average molecular weight is 282 g/mol. The molecule has 7 nitrogen and oxygen atoms in total. The van der Waals surface area contributed by atoms with Crippen molar-refractivity contribution < 1.29 is 14.3 Å². The molecule has 0 radical (unpaired) electrons. The minimum Gasteiger partial charge on any atom is -0.376 e. The molecule has 1 N–H and O–H groups in total. The predicted octanol–water partition coefficient (Wildman–Crippen LogP) is 0.288. The molecule has 1 aliphatic heterocycles. The van der Waals surface area contributed by atoms with Crippen LogP contribution in [0.4, 0.5) is 0 Å². The van der Waals surface area contributed by atoms with E-state index in [-0.39, 0.29) is 18.6 Å². The number of aryl methyl sites for hydroxylation is 1. The highest BCUT2D eigenvalue weighted by atomic mass is 16.5. The molecule has 0 bridgehead atoms. The van der Waals surface area contributed by atoms with Crippen molar-refractivity contribution in [1.82, 2.24) is 20.3 Å². The largest absolute Gasteiger partial charge is 0.376 e. The number of rotatable bonds is 7. The molecular weight excluding hydrogens is 260 g/mol. The van der Waals surface area contributed by atoms with Crippen LogP contribution in [0, 0.1) is 6.92 Å². The zero-order valence-electron chi connectivity index (χ0n) is 11.9.